The van der Waals surface area contributed by atoms with Crippen LogP contribution in [-0.2, 0) is 9.53 Å². The van der Waals surface area contributed by atoms with Crippen molar-refractivity contribution in [2.45, 2.75) is 57.1 Å². The molecule has 0 bridgehead atoms. The molecule has 1 aliphatic heterocycles. The van der Waals surface area contributed by atoms with Crippen LogP contribution in [0.5, 0.6) is 0 Å². The Hall–Kier alpha value is -0.610. The molecule has 1 atom stereocenters. The predicted octanol–water partition coefficient (Wildman–Crippen LogP) is 1.79. The van der Waals surface area contributed by atoms with Crippen LogP contribution in [0.25, 0.3) is 0 Å². The van der Waals surface area contributed by atoms with Crippen molar-refractivity contribution in [2.24, 2.45) is 5.92 Å². The van der Waals surface area contributed by atoms with Crippen molar-refractivity contribution in [1.82, 2.24) is 5.32 Å². The lowest BCUT2D eigenvalue weighted by Gasteiger charge is -2.37. The van der Waals surface area contributed by atoms with Gasteiger partial charge in [-0.25, -0.2) is 0 Å². The van der Waals surface area contributed by atoms with Gasteiger partial charge in [0, 0.05) is 13.2 Å². The summed E-state index contributed by atoms with van der Waals surface area (Å²) in [6.07, 6.45) is 5.87. The highest BCUT2D eigenvalue weighted by molar-refractivity contribution is 5.78. The Balaban J connectivity index is 1.89. The van der Waals surface area contributed by atoms with Gasteiger partial charge in [-0.15, -0.1) is 0 Å². The molecule has 0 aromatic heterocycles. The summed E-state index contributed by atoms with van der Waals surface area (Å²) < 4.78 is 5.53. The monoisotopic (exact) mass is 241 g/mol. The van der Waals surface area contributed by atoms with E-state index in [4.69, 9.17) is 4.74 Å². The Kier molecular flexibility index (Phi) is 4.05. The molecule has 2 N–H and O–H groups in total. The van der Waals surface area contributed by atoms with Gasteiger partial charge in [0.1, 0.15) is 5.54 Å². The maximum atomic E-state index is 11.5. The van der Waals surface area contributed by atoms with E-state index in [1.54, 1.807) is 0 Å². The number of carboxylic acids is 1. The number of hydrogen-bond acceptors (Lipinski definition) is 3. The molecule has 17 heavy (non-hydrogen) atoms. The Morgan fingerprint density at radius 2 is 2.12 bits per heavy atom. The number of nitrogens with one attached hydrogen (secondary N) is 1. The van der Waals surface area contributed by atoms with E-state index in [1.165, 1.54) is 0 Å². The standard InChI is InChI=1S/C13H23NO3/c1-10-4-6-13(7-5-10,12(15)16)14-9-11-3-2-8-17-11/h10-11,14H,2-9H2,1H3,(H,15,16). The Bertz CT molecular complexity index is 266. The summed E-state index contributed by atoms with van der Waals surface area (Å²) >= 11 is 0. The minimum absolute atomic E-state index is 0.213. The molecular formula is C13H23NO3. The zero-order chi connectivity index (χ0) is 12.3. The molecule has 1 saturated carbocycles. The molecule has 2 rings (SSSR count). The lowest BCUT2D eigenvalue weighted by atomic mass is 9.77. The number of hydrogen-bond donors (Lipinski definition) is 2. The van der Waals surface area contributed by atoms with Gasteiger partial charge >= 0.3 is 5.97 Å². The molecule has 1 unspecified atom stereocenters. The van der Waals surface area contributed by atoms with Crippen LogP contribution in [0, 0.1) is 5.92 Å². The molecule has 2 aliphatic rings. The number of rotatable bonds is 4. The average Bonchev–Trinajstić information content (AvgIpc) is 2.81. The first-order chi connectivity index (χ1) is 8.12. The van der Waals surface area contributed by atoms with E-state index in [9.17, 15) is 9.90 Å². The van der Waals surface area contributed by atoms with Crippen molar-refractivity contribution in [3.05, 3.63) is 0 Å². The molecule has 0 radical (unpaired) electrons. The number of carbonyl (C=O) groups is 1. The van der Waals surface area contributed by atoms with E-state index in [0.717, 1.165) is 45.1 Å². The van der Waals surface area contributed by atoms with E-state index in [-0.39, 0.29) is 6.10 Å². The van der Waals surface area contributed by atoms with E-state index in [0.29, 0.717) is 12.5 Å². The Labute approximate surface area is 103 Å². The van der Waals surface area contributed by atoms with Crippen molar-refractivity contribution >= 4 is 5.97 Å². The van der Waals surface area contributed by atoms with Crippen LogP contribution in [0.3, 0.4) is 0 Å². The number of carboxylic acid groups (broad SMARTS) is 1. The van der Waals surface area contributed by atoms with Crippen molar-refractivity contribution in [1.29, 1.82) is 0 Å². The van der Waals surface area contributed by atoms with E-state index in [1.807, 2.05) is 0 Å². The lowest BCUT2D eigenvalue weighted by molar-refractivity contribution is -0.147. The van der Waals surface area contributed by atoms with Gasteiger partial charge in [-0.1, -0.05) is 6.92 Å². The number of aliphatic carboxylic acids is 1. The quantitative estimate of drug-likeness (QED) is 0.788. The molecule has 0 aromatic carbocycles. The smallest absolute Gasteiger partial charge is 0.323 e. The van der Waals surface area contributed by atoms with Crippen LogP contribution < -0.4 is 5.32 Å². The zero-order valence-electron chi connectivity index (χ0n) is 10.6. The molecule has 4 nitrogen and oxygen atoms in total. The fourth-order valence-corrected chi connectivity index (χ4v) is 2.84. The van der Waals surface area contributed by atoms with E-state index < -0.39 is 11.5 Å². The lowest BCUT2D eigenvalue weighted by Crippen LogP contribution is -2.55. The van der Waals surface area contributed by atoms with E-state index in [2.05, 4.69) is 12.2 Å². The van der Waals surface area contributed by atoms with Crippen molar-refractivity contribution < 1.29 is 14.6 Å². The van der Waals surface area contributed by atoms with E-state index >= 15 is 0 Å². The van der Waals surface area contributed by atoms with Crippen LogP contribution in [-0.4, -0.2) is 35.9 Å². The first kappa shape index (κ1) is 12.8. The largest absolute Gasteiger partial charge is 0.480 e. The minimum atomic E-state index is -0.696. The normalized spacial score (nSPS) is 38.2. The first-order valence-electron chi connectivity index (χ1n) is 6.72. The second kappa shape index (κ2) is 5.36. The van der Waals surface area contributed by atoms with Gasteiger partial charge in [-0.3, -0.25) is 10.1 Å². The summed E-state index contributed by atoms with van der Waals surface area (Å²) in [5.41, 5.74) is -0.696. The molecule has 98 valence electrons. The molecule has 0 spiro atoms. The van der Waals surface area contributed by atoms with Gasteiger partial charge in [-0.2, -0.15) is 0 Å². The summed E-state index contributed by atoms with van der Waals surface area (Å²) in [7, 11) is 0. The van der Waals surface area contributed by atoms with Crippen LogP contribution in [0.4, 0.5) is 0 Å². The van der Waals surface area contributed by atoms with Gasteiger partial charge in [0.15, 0.2) is 0 Å². The van der Waals surface area contributed by atoms with Gasteiger partial charge in [0.2, 0.25) is 0 Å². The van der Waals surface area contributed by atoms with Gasteiger partial charge in [-0.05, 0) is 44.4 Å². The topological polar surface area (TPSA) is 58.6 Å². The first-order valence-corrected chi connectivity index (χ1v) is 6.72. The van der Waals surface area contributed by atoms with Gasteiger partial charge in [0.05, 0.1) is 6.10 Å². The highest BCUT2D eigenvalue weighted by atomic mass is 16.5. The molecule has 1 aliphatic carbocycles. The maximum Gasteiger partial charge on any atom is 0.323 e. The summed E-state index contributed by atoms with van der Waals surface area (Å²) in [4.78, 5) is 11.5. The third-order valence-electron chi connectivity index (χ3n) is 4.23. The van der Waals surface area contributed by atoms with Crippen LogP contribution in [0.1, 0.15) is 45.4 Å². The average molecular weight is 241 g/mol. The van der Waals surface area contributed by atoms with Gasteiger partial charge in [0.25, 0.3) is 0 Å². The summed E-state index contributed by atoms with van der Waals surface area (Å²) in [5.74, 6) is -0.0330. The highest BCUT2D eigenvalue weighted by Crippen LogP contribution is 2.32. The third-order valence-corrected chi connectivity index (χ3v) is 4.23. The Morgan fingerprint density at radius 1 is 1.41 bits per heavy atom. The molecule has 1 heterocycles. The minimum Gasteiger partial charge on any atom is -0.480 e. The fraction of sp³-hybridized carbons (Fsp3) is 0.923. The number of ether oxygens (including phenoxy) is 1. The van der Waals surface area contributed by atoms with Crippen LogP contribution in [0.15, 0.2) is 0 Å². The summed E-state index contributed by atoms with van der Waals surface area (Å²) in [5, 5.41) is 12.7. The summed E-state index contributed by atoms with van der Waals surface area (Å²) in [6, 6.07) is 0. The molecule has 2 fully saturated rings. The molecule has 1 saturated heterocycles. The molecular weight excluding hydrogens is 218 g/mol. The van der Waals surface area contributed by atoms with Crippen molar-refractivity contribution in [3.8, 4) is 0 Å². The SMILES string of the molecule is CC1CCC(NCC2CCCO2)(C(=O)O)CC1. The molecule has 0 amide bonds. The maximum absolute atomic E-state index is 11.5. The highest BCUT2D eigenvalue weighted by Gasteiger charge is 2.41. The molecule has 0 aromatic rings. The van der Waals surface area contributed by atoms with Gasteiger partial charge < -0.3 is 9.84 Å². The third kappa shape index (κ3) is 2.99. The van der Waals surface area contributed by atoms with Crippen molar-refractivity contribution in [2.75, 3.05) is 13.2 Å². The van der Waals surface area contributed by atoms with Crippen molar-refractivity contribution in [3.63, 3.8) is 0 Å². The van der Waals surface area contributed by atoms with Crippen LogP contribution >= 0.6 is 0 Å². The second-order valence-electron chi connectivity index (χ2n) is 5.59. The Morgan fingerprint density at radius 3 is 2.65 bits per heavy atom. The molecule has 4 heteroatoms. The predicted molar refractivity (Wildman–Crippen MR) is 65.0 cm³/mol. The van der Waals surface area contributed by atoms with Crippen LogP contribution in [0.2, 0.25) is 0 Å². The second-order valence-corrected chi connectivity index (χ2v) is 5.59. The zero-order valence-corrected chi connectivity index (χ0v) is 10.6. The fourth-order valence-electron chi connectivity index (χ4n) is 2.84. The summed E-state index contributed by atoms with van der Waals surface area (Å²) in [6.45, 7) is 3.70.